The molecule has 0 bridgehead atoms. The number of nitrogens with one attached hydrogen (secondary N) is 1. The summed E-state index contributed by atoms with van der Waals surface area (Å²) in [6, 6.07) is 7.46. The van der Waals surface area contributed by atoms with Crippen molar-refractivity contribution < 1.29 is 4.74 Å². The van der Waals surface area contributed by atoms with Crippen molar-refractivity contribution in [1.82, 2.24) is 28.7 Å². The minimum absolute atomic E-state index is 0.395. The Hall–Kier alpha value is -3.36. The van der Waals surface area contributed by atoms with Gasteiger partial charge >= 0.3 is 5.69 Å². The van der Waals surface area contributed by atoms with E-state index in [0.29, 0.717) is 35.9 Å². The van der Waals surface area contributed by atoms with Gasteiger partial charge in [-0.25, -0.2) is 9.20 Å². The summed E-state index contributed by atoms with van der Waals surface area (Å²) in [6.07, 6.45) is 0. The van der Waals surface area contributed by atoms with Crippen molar-refractivity contribution in [1.29, 1.82) is 0 Å². The highest BCUT2D eigenvalue weighted by molar-refractivity contribution is 5.79. The highest BCUT2D eigenvalue weighted by Gasteiger charge is 2.21. The fraction of sp³-hybridized carbons (Fsp3) is 0.294. The molecule has 3 heterocycles. The Morgan fingerprint density at radius 3 is 2.50 bits per heavy atom. The summed E-state index contributed by atoms with van der Waals surface area (Å²) in [7, 11) is 1.61. The molecule has 0 saturated heterocycles. The number of nitrogens with zero attached hydrogens (tertiary/aromatic N) is 5. The predicted molar refractivity (Wildman–Crippen MR) is 96.6 cm³/mol. The second-order valence-electron chi connectivity index (χ2n) is 5.85. The third-order valence-electron chi connectivity index (χ3n) is 4.38. The minimum atomic E-state index is -0.482. The van der Waals surface area contributed by atoms with Crippen LogP contribution in [0, 0.1) is 0 Å². The molecule has 0 radical (unpaired) electrons. The number of H-pyrrole nitrogens is 1. The average molecular weight is 354 g/mol. The lowest BCUT2D eigenvalue weighted by atomic mass is 10.2. The molecule has 0 unspecified atom stereocenters. The van der Waals surface area contributed by atoms with Crippen molar-refractivity contribution in [2.45, 2.75) is 20.4 Å². The summed E-state index contributed by atoms with van der Waals surface area (Å²) in [4.78, 5) is 26.8. The van der Waals surface area contributed by atoms with Gasteiger partial charge in [-0.05, 0) is 38.1 Å². The van der Waals surface area contributed by atoms with Crippen LogP contribution in [0.25, 0.3) is 28.3 Å². The summed E-state index contributed by atoms with van der Waals surface area (Å²) in [5, 5.41) is 8.53. The Kier molecular flexibility index (Phi) is 3.64. The van der Waals surface area contributed by atoms with E-state index in [1.54, 1.807) is 16.0 Å². The van der Waals surface area contributed by atoms with Gasteiger partial charge in [0.25, 0.3) is 5.56 Å². The number of aromatic amines is 1. The second kappa shape index (κ2) is 5.87. The van der Waals surface area contributed by atoms with E-state index in [-0.39, 0.29) is 0 Å². The van der Waals surface area contributed by atoms with Gasteiger partial charge in [-0.2, -0.15) is 0 Å². The van der Waals surface area contributed by atoms with Gasteiger partial charge in [0, 0.05) is 19.2 Å². The molecule has 0 atom stereocenters. The van der Waals surface area contributed by atoms with Gasteiger partial charge < -0.3 is 9.30 Å². The number of hydrogen-bond acceptors (Lipinski definition) is 5. The largest absolute Gasteiger partial charge is 0.494 e. The molecule has 0 aliphatic rings. The van der Waals surface area contributed by atoms with Crippen molar-refractivity contribution in [2.75, 3.05) is 6.61 Å². The molecule has 0 spiro atoms. The normalized spacial score (nSPS) is 11.5. The first kappa shape index (κ1) is 16.1. The Balaban J connectivity index is 2.08. The molecule has 0 aliphatic carbocycles. The molecule has 0 fully saturated rings. The summed E-state index contributed by atoms with van der Waals surface area (Å²) in [5.41, 5.74) is 0.747. The Labute approximate surface area is 147 Å². The highest BCUT2D eigenvalue weighted by Crippen LogP contribution is 2.25. The number of hydrogen-bond donors (Lipinski definition) is 1. The van der Waals surface area contributed by atoms with E-state index < -0.39 is 11.2 Å². The molecule has 1 N–H and O–H groups in total. The van der Waals surface area contributed by atoms with Gasteiger partial charge in [0.1, 0.15) is 5.75 Å². The Morgan fingerprint density at radius 2 is 1.85 bits per heavy atom. The standard InChI is InChI=1S/C17H18N6O3/c1-4-22-12-14(24)18-17(25)21(3)15(12)23-13(19-20-16(22)23)10-6-8-11(9-7-10)26-5-2/h6-9H,4-5H2,1-3H3,(H,18,24,25). The van der Waals surface area contributed by atoms with Crippen molar-refractivity contribution in [3.63, 3.8) is 0 Å². The number of benzene rings is 1. The molecule has 3 aromatic heterocycles. The summed E-state index contributed by atoms with van der Waals surface area (Å²) in [6.45, 7) is 4.95. The van der Waals surface area contributed by atoms with E-state index in [1.165, 1.54) is 4.57 Å². The molecular weight excluding hydrogens is 336 g/mol. The Bertz CT molecular complexity index is 1230. The maximum Gasteiger partial charge on any atom is 0.329 e. The number of aromatic nitrogens is 6. The van der Waals surface area contributed by atoms with Crippen LogP contribution in [-0.4, -0.2) is 35.3 Å². The molecule has 4 rings (SSSR count). The summed E-state index contributed by atoms with van der Waals surface area (Å²) in [5.74, 6) is 1.83. The van der Waals surface area contributed by atoms with Crippen LogP contribution in [0.4, 0.5) is 0 Å². The first-order valence-corrected chi connectivity index (χ1v) is 8.36. The van der Waals surface area contributed by atoms with Crippen LogP contribution in [0.15, 0.2) is 33.9 Å². The molecule has 1 aromatic carbocycles. The van der Waals surface area contributed by atoms with E-state index in [9.17, 15) is 9.59 Å². The van der Waals surface area contributed by atoms with Crippen molar-refractivity contribution in [3.8, 4) is 17.1 Å². The lowest BCUT2D eigenvalue weighted by Gasteiger charge is -2.05. The molecule has 134 valence electrons. The van der Waals surface area contributed by atoms with Gasteiger partial charge in [0.15, 0.2) is 17.0 Å². The number of rotatable bonds is 4. The monoisotopic (exact) mass is 354 g/mol. The van der Waals surface area contributed by atoms with Gasteiger partial charge in [-0.3, -0.25) is 14.3 Å². The average Bonchev–Trinajstić information content (AvgIpc) is 3.19. The topological polar surface area (TPSA) is 99.2 Å². The lowest BCUT2D eigenvalue weighted by molar-refractivity contribution is 0.340. The van der Waals surface area contributed by atoms with Crippen LogP contribution in [0.2, 0.25) is 0 Å². The third-order valence-corrected chi connectivity index (χ3v) is 4.38. The maximum atomic E-state index is 12.4. The zero-order chi connectivity index (χ0) is 18.4. The molecule has 9 heteroatoms. The van der Waals surface area contributed by atoms with Crippen LogP contribution in [0.1, 0.15) is 13.8 Å². The first-order valence-electron chi connectivity index (χ1n) is 8.36. The maximum absolute atomic E-state index is 12.4. The van der Waals surface area contributed by atoms with Crippen LogP contribution in [-0.2, 0) is 13.6 Å². The molecule has 9 nitrogen and oxygen atoms in total. The number of ether oxygens (including phenoxy) is 1. The molecule has 0 amide bonds. The fourth-order valence-corrected chi connectivity index (χ4v) is 3.20. The number of aryl methyl sites for hydroxylation is 2. The van der Waals surface area contributed by atoms with E-state index in [1.807, 2.05) is 38.1 Å². The SMILES string of the molecule is CCOc1ccc(-c2nnc3n(CC)c4c(=O)[nH]c(=O)n(C)c4n23)cc1. The summed E-state index contributed by atoms with van der Waals surface area (Å²) < 4.78 is 10.4. The molecule has 4 aromatic rings. The molecule has 0 saturated carbocycles. The van der Waals surface area contributed by atoms with Gasteiger partial charge in [-0.1, -0.05) is 0 Å². The van der Waals surface area contributed by atoms with Crippen LogP contribution in [0.5, 0.6) is 5.75 Å². The molecular formula is C17H18N6O3. The van der Waals surface area contributed by atoms with Crippen LogP contribution >= 0.6 is 0 Å². The fourth-order valence-electron chi connectivity index (χ4n) is 3.20. The third kappa shape index (κ3) is 2.17. The van der Waals surface area contributed by atoms with E-state index >= 15 is 0 Å². The summed E-state index contributed by atoms with van der Waals surface area (Å²) >= 11 is 0. The molecule has 26 heavy (non-hydrogen) atoms. The van der Waals surface area contributed by atoms with E-state index in [0.717, 1.165) is 11.3 Å². The lowest BCUT2D eigenvalue weighted by Crippen LogP contribution is -2.29. The quantitative estimate of drug-likeness (QED) is 0.593. The number of imidazole rings is 1. The van der Waals surface area contributed by atoms with Crippen LogP contribution < -0.4 is 16.0 Å². The van der Waals surface area contributed by atoms with Crippen molar-refractivity contribution in [2.24, 2.45) is 7.05 Å². The van der Waals surface area contributed by atoms with E-state index in [2.05, 4.69) is 15.2 Å². The highest BCUT2D eigenvalue weighted by atomic mass is 16.5. The van der Waals surface area contributed by atoms with Gasteiger partial charge in [0.2, 0.25) is 5.78 Å². The van der Waals surface area contributed by atoms with Crippen molar-refractivity contribution >= 4 is 16.9 Å². The van der Waals surface area contributed by atoms with Crippen LogP contribution in [0.3, 0.4) is 0 Å². The van der Waals surface area contributed by atoms with Crippen molar-refractivity contribution in [3.05, 3.63) is 45.1 Å². The predicted octanol–water partition coefficient (Wildman–Crippen LogP) is 1.16. The zero-order valence-corrected chi connectivity index (χ0v) is 14.7. The second-order valence-corrected chi connectivity index (χ2v) is 5.85. The van der Waals surface area contributed by atoms with E-state index in [4.69, 9.17) is 4.74 Å². The smallest absolute Gasteiger partial charge is 0.329 e. The van der Waals surface area contributed by atoms with Gasteiger partial charge in [0.05, 0.1) is 6.61 Å². The molecule has 0 aliphatic heterocycles. The first-order chi connectivity index (χ1) is 12.6. The zero-order valence-electron chi connectivity index (χ0n) is 14.7. The number of fused-ring (bicyclic) bond motifs is 3. The van der Waals surface area contributed by atoms with Gasteiger partial charge in [-0.15, -0.1) is 10.2 Å². The minimum Gasteiger partial charge on any atom is -0.494 e. The Morgan fingerprint density at radius 1 is 1.12 bits per heavy atom.